The molecular formula is C16H13ClF3N3O. The molecule has 8 heteroatoms. The van der Waals surface area contributed by atoms with Gasteiger partial charge < -0.3 is 10.6 Å². The maximum atomic E-state index is 12.8. The van der Waals surface area contributed by atoms with Gasteiger partial charge in [0.15, 0.2) is 0 Å². The average Bonchev–Trinajstić information content (AvgIpc) is 2.54. The monoisotopic (exact) mass is 355 g/mol. The van der Waals surface area contributed by atoms with Gasteiger partial charge in [-0.2, -0.15) is 13.2 Å². The van der Waals surface area contributed by atoms with Crippen LogP contribution in [0, 0.1) is 0 Å². The van der Waals surface area contributed by atoms with Crippen LogP contribution in [0.3, 0.4) is 0 Å². The predicted molar refractivity (Wildman–Crippen MR) is 86.5 cm³/mol. The number of pyridine rings is 1. The summed E-state index contributed by atoms with van der Waals surface area (Å²) in [7, 11) is 0. The van der Waals surface area contributed by atoms with E-state index in [4.69, 9.17) is 11.6 Å². The Hall–Kier alpha value is -2.54. The van der Waals surface area contributed by atoms with Crippen LogP contribution in [-0.4, -0.2) is 17.4 Å². The number of amides is 1. The largest absolute Gasteiger partial charge is 0.416 e. The topological polar surface area (TPSA) is 54.0 Å². The first-order chi connectivity index (χ1) is 11.3. The van der Waals surface area contributed by atoms with Gasteiger partial charge in [-0.25, -0.2) is 0 Å². The number of nitrogens with one attached hydrogen (secondary N) is 2. The van der Waals surface area contributed by atoms with Crippen LogP contribution in [-0.2, 0) is 6.18 Å². The standard InChI is InChI=1S/C16H13ClF3N3O/c1-2-5-22-15(24)10-6-12(9-21-8-10)23-14-7-11(16(18,19)20)3-4-13(14)17/h2-4,6-9,23H,1,5H2,(H,22,24). The Morgan fingerprint density at radius 2 is 2.04 bits per heavy atom. The molecule has 0 atom stereocenters. The highest BCUT2D eigenvalue weighted by atomic mass is 35.5. The molecular weight excluding hydrogens is 343 g/mol. The Labute approximate surface area is 141 Å². The van der Waals surface area contributed by atoms with Crippen LogP contribution in [0.5, 0.6) is 0 Å². The van der Waals surface area contributed by atoms with Gasteiger partial charge in [-0.05, 0) is 24.3 Å². The normalized spacial score (nSPS) is 11.0. The summed E-state index contributed by atoms with van der Waals surface area (Å²) in [6.07, 6.45) is -0.236. The zero-order chi connectivity index (χ0) is 17.7. The molecule has 2 N–H and O–H groups in total. The number of anilines is 2. The molecule has 1 heterocycles. The van der Waals surface area contributed by atoms with Crippen molar-refractivity contribution in [2.75, 3.05) is 11.9 Å². The number of alkyl halides is 3. The molecule has 0 aliphatic heterocycles. The van der Waals surface area contributed by atoms with E-state index in [2.05, 4.69) is 22.2 Å². The summed E-state index contributed by atoms with van der Waals surface area (Å²) in [5.41, 5.74) is -0.174. The van der Waals surface area contributed by atoms with Gasteiger partial charge in [0.1, 0.15) is 0 Å². The minimum Gasteiger partial charge on any atom is -0.353 e. The lowest BCUT2D eigenvalue weighted by Crippen LogP contribution is -2.23. The van der Waals surface area contributed by atoms with Gasteiger partial charge in [-0.1, -0.05) is 17.7 Å². The van der Waals surface area contributed by atoms with Crippen LogP contribution >= 0.6 is 11.6 Å². The number of rotatable bonds is 5. The van der Waals surface area contributed by atoms with E-state index in [0.717, 1.165) is 18.2 Å². The SMILES string of the molecule is C=CCNC(=O)c1cncc(Nc2cc(C(F)(F)F)ccc2Cl)c1. The van der Waals surface area contributed by atoms with Gasteiger partial charge in [-0.3, -0.25) is 9.78 Å². The summed E-state index contributed by atoms with van der Waals surface area (Å²) in [4.78, 5) is 15.8. The number of benzene rings is 1. The Morgan fingerprint density at radius 1 is 1.29 bits per heavy atom. The van der Waals surface area contributed by atoms with Crippen LogP contribution in [0.1, 0.15) is 15.9 Å². The first-order valence-electron chi connectivity index (χ1n) is 6.79. The second-order valence-electron chi connectivity index (χ2n) is 4.78. The van der Waals surface area contributed by atoms with E-state index in [1.54, 1.807) is 0 Å². The van der Waals surface area contributed by atoms with Crippen molar-refractivity contribution in [3.63, 3.8) is 0 Å². The maximum Gasteiger partial charge on any atom is 0.416 e. The molecule has 0 aliphatic rings. The number of carbonyl (C=O) groups excluding carboxylic acids is 1. The van der Waals surface area contributed by atoms with E-state index in [0.29, 0.717) is 5.69 Å². The van der Waals surface area contributed by atoms with Crippen molar-refractivity contribution in [2.24, 2.45) is 0 Å². The Bertz CT molecular complexity index is 762. The Balaban J connectivity index is 2.25. The minimum absolute atomic E-state index is 0.0666. The Kier molecular flexibility index (Phi) is 5.46. The van der Waals surface area contributed by atoms with Crippen molar-refractivity contribution in [2.45, 2.75) is 6.18 Å². The summed E-state index contributed by atoms with van der Waals surface area (Å²) in [6.45, 7) is 3.78. The third-order valence-electron chi connectivity index (χ3n) is 2.98. The molecule has 0 fully saturated rings. The molecule has 2 rings (SSSR count). The second kappa shape index (κ2) is 7.35. The van der Waals surface area contributed by atoms with Crippen molar-refractivity contribution in [3.8, 4) is 0 Å². The Morgan fingerprint density at radius 3 is 2.71 bits per heavy atom. The number of hydrogen-bond donors (Lipinski definition) is 2. The molecule has 126 valence electrons. The molecule has 0 aliphatic carbocycles. The number of aromatic nitrogens is 1. The van der Waals surface area contributed by atoms with Crippen molar-refractivity contribution in [1.82, 2.24) is 10.3 Å². The first-order valence-corrected chi connectivity index (χ1v) is 7.17. The minimum atomic E-state index is -4.48. The van der Waals surface area contributed by atoms with Crippen molar-refractivity contribution < 1.29 is 18.0 Å². The van der Waals surface area contributed by atoms with E-state index < -0.39 is 11.7 Å². The van der Waals surface area contributed by atoms with Gasteiger partial charge in [0.05, 0.1) is 33.7 Å². The third-order valence-corrected chi connectivity index (χ3v) is 3.31. The summed E-state index contributed by atoms with van der Waals surface area (Å²) >= 11 is 5.93. The van der Waals surface area contributed by atoms with Crippen LogP contribution in [0.25, 0.3) is 0 Å². The zero-order valence-corrected chi connectivity index (χ0v) is 13.1. The molecule has 1 amide bonds. The number of nitrogens with zero attached hydrogens (tertiary/aromatic N) is 1. The van der Waals surface area contributed by atoms with Crippen LogP contribution in [0.15, 0.2) is 49.3 Å². The van der Waals surface area contributed by atoms with E-state index in [9.17, 15) is 18.0 Å². The molecule has 24 heavy (non-hydrogen) atoms. The van der Waals surface area contributed by atoms with E-state index in [1.165, 1.54) is 24.5 Å². The quantitative estimate of drug-likeness (QED) is 0.781. The van der Waals surface area contributed by atoms with E-state index in [-0.39, 0.29) is 28.7 Å². The van der Waals surface area contributed by atoms with Gasteiger partial charge >= 0.3 is 6.18 Å². The highest BCUT2D eigenvalue weighted by molar-refractivity contribution is 6.33. The molecule has 1 aromatic heterocycles. The van der Waals surface area contributed by atoms with Crippen LogP contribution in [0.4, 0.5) is 24.5 Å². The zero-order valence-electron chi connectivity index (χ0n) is 12.3. The smallest absolute Gasteiger partial charge is 0.353 e. The fourth-order valence-electron chi connectivity index (χ4n) is 1.85. The molecule has 0 saturated heterocycles. The lowest BCUT2D eigenvalue weighted by atomic mass is 10.2. The van der Waals surface area contributed by atoms with Gasteiger partial charge in [-0.15, -0.1) is 6.58 Å². The van der Waals surface area contributed by atoms with Crippen molar-refractivity contribution >= 4 is 28.9 Å². The van der Waals surface area contributed by atoms with Crippen molar-refractivity contribution in [1.29, 1.82) is 0 Å². The molecule has 0 saturated carbocycles. The fourth-order valence-corrected chi connectivity index (χ4v) is 2.02. The molecule has 0 radical (unpaired) electrons. The highest BCUT2D eigenvalue weighted by Gasteiger charge is 2.31. The number of halogens is 4. The fraction of sp³-hybridized carbons (Fsp3) is 0.125. The maximum absolute atomic E-state index is 12.8. The summed E-state index contributed by atoms with van der Waals surface area (Å²) in [5, 5.41) is 5.44. The molecule has 2 aromatic rings. The molecule has 1 aromatic carbocycles. The molecule has 4 nitrogen and oxygen atoms in total. The van der Waals surface area contributed by atoms with Gasteiger partial charge in [0.25, 0.3) is 5.91 Å². The second-order valence-corrected chi connectivity index (χ2v) is 5.19. The average molecular weight is 356 g/mol. The highest BCUT2D eigenvalue weighted by Crippen LogP contribution is 2.34. The predicted octanol–water partition coefficient (Wildman–Crippen LogP) is 4.41. The first kappa shape index (κ1) is 17.8. The summed E-state index contributed by atoms with van der Waals surface area (Å²) in [5.74, 6) is -0.374. The number of carbonyl (C=O) groups is 1. The van der Waals surface area contributed by atoms with Gasteiger partial charge in [0, 0.05) is 12.7 Å². The van der Waals surface area contributed by atoms with Crippen LogP contribution in [0.2, 0.25) is 5.02 Å². The van der Waals surface area contributed by atoms with Crippen molar-refractivity contribution in [3.05, 3.63) is 65.5 Å². The lowest BCUT2D eigenvalue weighted by molar-refractivity contribution is -0.137. The summed E-state index contributed by atoms with van der Waals surface area (Å²) in [6, 6.07) is 4.40. The number of hydrogen-bond acceptors (Lipinski definition) is 3. The molecule has 0 bridgehead atoms. The molecule has 0 unspecified atom stereocenters. The van der Waals surface area contributed by atoms with Crippen LogP contribution < -0.4 is 10.6 Å². The van der Waals surface area contributed by atoms with E-state index in [1.807, 2.05) is 0 Å². The van der Waals surface area contributed by atoms with E-state index >= 15 is 0 Å². The third kappa shape index (κ3) is 4.48. The molecule has 0 spiro atoms. The lowest BCUT2D eigenvalue weighted by Gasteiger charge is -2.13. The summed E-state index contributed by atoms with van der Waals surface area (Å²) < 4.78 is 38.3. The van der Waals surface area contributed by atoms with Gasteiger partial charge in [0.2, 0.25) is 0 Å².